The van der Waals surface area contributed by atoms with Crippen molar-refractivity contribution in [3.8, 4) is 0 Å². The number of halogens is 2. The zero-order chi connectivity index (χ0) is 18.3. The highest BCUT2D eigenvalue weighted by Gasteiger charge is 2.51. The van der Waals surface area contributed by atoms with Gasteiger partial charge in [0.25, 0.3) is 0 Å². The van der Waals surface area contributed by atoms with Crippen molar-refractivity contribution in [2.45, 2.75) is 57.1 Å². The third-order valence-electron chi connectivity index (χ3n) is 6.32. The lowest BCUT2D eigenvalue weighted by atomic mass is 9.78. The summed E-state index contributed by atoms with van der Waals surface area (Å²) in [5.41, 5.74) is -0.489. The highest BCUT2D eigenvalue weighted by molar-refractivity contribution is 5.86. The fraction of sp³-hybridized carbons (Fsp3) is 0.684. The van der Waals surface area contributed by atoms with Crippen molar-refractivity contribution in [1.29, 1.82) is 0 Å². The van der Waals surface area contributed by atoms with Gasteiger partial charge in [0, 0.05) is 31.7 Å². The number of nitrogens with zero attached hydrogens (tertiary/aromatic N) is 3. The van der Waals surface area contributed by atoms with Crippen molar-refractivity contribution < 1.29 is 18.7 Å². The Kier molecular flexibility index (Phi) is 4.59. The second kappa shape index (κ2) is 6.76. The molecule has 1 aromatic rings. The standard InChI is InChI=1S/C19H25F2N3O2/c20-13-10-16(21)17(22-11-13)23-8-1-6-19(12-23)7-9-24(18(19)26)14-2-4-15(25)5-3-14/h10-11,14-15,25H,1-9,12H2/t14-,15+,19-/m0/s1. The number of rotatable bonds is 2. The summed E-state index contributed by atoms with van der Waals surface area (Å²) in [6, 6.07) is 1.06. The smallest absolute Gasteiger partial charge is 0.230 e. The van der Waals surface area contributed by atoms with E-state index < -0.39 is 17.0 Å². The fourth-order valence-corrected chi connectivity index (χ4v) is 4.90. The van der Waals surface area contributed by atoms with Gasteiger partial charge in [0.2, 0.25) is 5.91 Å². The van der Waals surface area contributed by atoms with Gasteiger partial charge in [-0.1, -0.05) is 0 Å². The Morgan fingerprint density at radius 3 is 2.65 bits per heavy atom. The molecule has 0 aromatic carbocycles. The van der Waals surface area contributed by atoms with E-state index in [0.29, 0.717) is 13.1 Å². The summed E-state index contributed by atoms with van der Waals surface area (Å²) < 4.78 is 27.3. The predicted molar refractivity (Wildman–Crippen MR) is 92.6 cm³/mol. The molecule has 1 aromatic heterocycles. The van der Waals surface area contributed by atoms with E-state index in [9.17, 15) is 18.7 Å². The average Bonchev–Trinajstić information content (AvgIpc) is 2.92. The average molecular weight is 365 g/mol. The number of aliphatic hydroxyl groups is 1. The second-order valence-corrected chi connectivity index (χ2v) is 7.98. The minimum atomic E-state index is -0.694. The van der Waals surface area contributed by atoms with E-state index in [-0.39, 0.29) is 23.9 Å². The van der Waals surface area contributed by atoms with Gasteiger partial charge in [-0.25, -0.2) is 13.8 Å². The fourth-order valence-electron chi connectivity index (χ4n) is 4.90. The van der Waals surface area contributed by atoms with E-state index in [4.69, 9.17) is 0 Å². The van der Waals surface area contributed by atoms with E-state index in [1.165, 1.54) is 0 Å². The molecule has 2 saturated heterocycles. The molecule has 1 aliphatic carbocycles. The molecule has 0 unspecified atom stereocenters. The molecule has 3 aliphatic rings. The van der Waals surface area contributed by atoms with Crippen LogP contribution in [-0.4, -0.2) is 52.7 Å². The monoisotopic (exact) mass is 365 g/mol. The van der Waals surface area contributed by atoms with Crippen LogP contribution in [0.5, 0.6) is 0 Å². The van der Waals surface area contributed by atoms with Gasteiger partial charge in [-0.2, -0.15) is 0 Å². The summed E-state index contributed by atoms with van der Waals surface area (Å²) >= 11 is 0. The minimum absolute atomic E-state index is 0.137. The molecule has 1 amide bonds. The van der Waals surface area contributed by atoms with Crippen molar-refractivity contribution in [3.05, 3.63) is 23.9 Å². The summed E-state index contributed by atoms with van der Waals surface area (Å²) in [7, 11) is 0. The van der Waals surface area contributed by atoms with Crippen LogP contribution in [0.15, 0.2) is 12.3 Å². The van der Waals surface area contributed by atoms with Gasteiger partial charge in [0.1, 0.15) is 5.82 Å². The number of carbonyl (C=O) groups excluding carboxylic acids is 1. The third kappa shape index (κ3) is 3.06. The number of aliphatic hydroxyl groups excluding tert-OH is 1. The van der Waals surface area contributed by atoms with Gasteiger partial charge in [-0.3, -0.25) is 4.79 Å². The summed E-state index contributed by atoms with van der Waals surface area (Å²) in [6.07, 6.45) is 6.34. The predicted octanol–water partition coefficient (Wildman–Crippen LogP) is 2.48. The van der Waals surface area contributed by atoms with E-state index in [1.54, 1.807) is 4.90 Å². The van der Waals surface area contributed by atoms with Gasteiger partial charge in [-0.15, -0.1) is 0 Å². The molecule has 0 bridgehead atoms. The number of amides is 1. The van der Waals surface area contributed by atoms with Crippen molar-refractivity contribution in [2.24, 2.45) is 5.41 Å². The highest BCUT2D eigenvalue weighted by atomic mass is 19.1. The molecule has 7 heteroatoms. The van der Waals surface area contributed by atoms with Crippen molar-refractivity contribution >= 4 is 11.7 Å². The molecule has 0 radical (unpaired) electrons. The first kappa shape index (κ1) is 17.6. The normalized spacial score (nSPS) is 32.5. The molecule has 4 rings (SSSR count). The number of hydrogen-bond acceptors (Lipinski definition) is 4. The first-order chi connectivity index (χ1) is 12.5. The number of aromatic nitrogens is 1. The Bertz CT molecular complexity index is 693. The summed E-state index contributed by atoms with van der Waals surface area (Å²) in [6.45, 7) is 1.79. The van der Waals surface area contributed by atoms with Gasteiger partial charge < -0.3 is 14.9 Å². The highest BCUT2D eigenvalue weighted by Crippen LogP contribution is 2.43. The Morgan fingerprint density at radius 1 is 1.15 bits per heavy atom. The molecule has 3 fully saturated rings. The maximum Gasteiger partial charge on any atom is 0.230 e. The largest absolute Gasteiger partial charge is 0.393 e. The number of anilines is 1. The van der Waals surface area contributed by atoms with E-state index in [2.05, 4.69) is 4.98 Å². The lowest BCUT2D eigenvalue weighted by Gasteiger charge is -2.41. The molecule has 26 heavy (non-hydrogen) atoms. The first-order valence-corrected chi connectivity index (χ1v) is 9.54. The Balaban J connectivity index is 1.50. The maximum atomic E-state index is 14.1. The molecular formula is C19H25F2N3O2. The molecule has 2 aliphatic heterocycles. The molecule has 5 nitrogen and oxygen atoms in total. The van der Waals surface area contributed by atoms with Crippen LogP contribution in [0, 0.1) is 17.0 Å². The number of hydrogen-bond donors (Lipinski definition) is 1. The SMILES string of the molecule is O=C1N([C@H]2CC[C@@H](O)CC2)CC[C@]12CCCN(c1ncc(F)cc1F)C2. The number of pyridine rings is 1. The summed E-state index contributed by atoms with van der Waals surface area (Å²) in [4.78, 5) is 20.9. The topological polar surface area (TPSA) is 56.7 Å². The van der Waals surface area contributed by atoms with Crippen LogP contribution in [0.1, 0.15) is 44.9 Å². The molecule has 1 N–H and O–H groups in total. The molecule has 1 saturated carbocycles. The van der Waals surface area contributed by atoms with Crippen LogP contribution >= 0.6 is 0 Å². The Labute approximate surface area is 152 Å². The quantitative estimate of drug-likeness (QED) is 0.875. The van der Waals surface area contributed by atoms with Crippen molar-refractivity contribution in [2.75, 3.05) is 24.5 Å². The molecular weight excluding hydrogens is 340 g/mol. The molecule has 142 valence electrons. The van der Waals surface area contributed by atoms with Gasteiger partial charge in [0.15, 0.2) is 11.6 Å². The van der Waals surface area contributed by atoms with E-state index in [0.717, 1.165) is 63.8 Å². The number of piperidine rings is 1. The van der Waals surface area contributed by atoms with E-state index in [1.807, 2.05) is 4.90 Å². The van der Waals surface area contributed by atoms with Crippen molar-refractivity contribution in [3.63, 3.8) is 0 Å². The zero-order valence-corrected chi connectivity index (χ0v) is 14.8. The third-order valence-corrected chi connectivity index (χ3v) is 6.32. The van der Waals surface area contributed by atoms with Crippen LogP contribution in [0.25, 0.3) is 0 Å². The van der Waals surface area contributed by atoms with Gasteiger partial charge >= 0.3 is 0 Å². The lowest BCUT2D eigenvalue weighted by Crippen LogP contribution is -2.50. The molecule has 3 heterocycles. The number of likely N-dealkylation sites (tertiary alicyclic amines) is 1. The van der Waals surface area contributed by atoms with Gasteiger partial charge in [-0.05, 0) is 44.9 Å². The van der Waals surface area contributed by atoms with Crippen molar-refractivity contribution in [1.82, 2.24) is 9.88 Å². The van der Waals surface area contributed by atoms with Crippen LogP contribution in [0.3, 0.4) is 0 Å². The van der Waals surface area contributed by atoms with Crippen LogP contribution in [0.2, 0.25) is 0 Å². The minimum Gasteiger partial charge on any atom is -0.393 e. The van der Waals surface area contributed by atoms with Gasteiger partial charge in [0.05, 0.1) is 17.7 Å². The van der Waals surface area contributed by atoms with Crippen LogP contribution in [-0.2, 0) is 4.79 Å². The second-order valence-electron chi connectivity index (χ2n) is 7.98. The first-order valence-electron chi connectivity index (χ1n) is 9.54. The van der Waals surface area contributed by atoms with Crippen LogP contribution in [0.4, 0.5) is 14.6 Å². The Morgan fingerprint density at radius 2 is 1.92 bits per heavy atom. The zero-order valence-electron chi connectivity index (χ0n) is 14.8. The lowest BCUT2D eigenvalue weighted by molar-refractivity contribution is -0.139. The Hall–Kier alpha value is -1.76. The maximum absolute atomic E-state index is 14.1. The summed E-state index contributed by atoms with van der Waals surface area (Å²) in [5.74, 6) is -1.07. The number of carbonyl (C=O) groups is 1. The molecule has 1 atom stereocenters. The molecule has 1 spiro atoms. The van der Waals surface area contributed by atoms with Crippen LogP contribution < -0.4 is 4.90 Å². The van der Waals surface area contributed by atoms with E-state index >= 15 is 0 Å². The summed E-state index contributed by atoms with van der Waals surface area (Å²) in [5, 5.41) is 9.70.